The summed E-state index contributed by atoms with van der Waals surface area (Å²) in [5.74, 6) is 0. The highest BCUT2D eigenvalue weighted by atomic mass is 15.1. The van der Waals surface area contributed by atoms with Gasteiger partial charge in [-0.25, -0.2) is 0 Å². The monoisotopic (exact) mass is 608 g/mol. The summed E-state index contributed by atoms with van der Waals surface area (Å²) in [5, 5.41) is 2.60. The summed E-state index contributed by atoms with van der Waals surface area (Å²) < 4.78 is 2.48. The van der Waals surface area contributed by atoms with Gasteiger partial charge in [0.1, 0.15) is 0 Å². The van der Waals surface area contributed by atoms with E-state index in [1.54, 1.807) is 0 Å². The Labute approximate surface area is 278 Å². The summed E-state index contributed by atoms with van der Waals surface area (Å²) in [6, 6.07) is 42.3. The molecule has 0 spiro atoms. The van der Waals surface area contributed by atoms with E-state index in [0.29, 0.717) is 0 Å². The third-order valence-electron chi connectivity index (χ3n) is 10.6. The quantitative estimate of drug-likeness (QED) is 0.164. The van der Waals surface area contributed by atoms with Crippen LogP contribution < -0.4 is 4.90 Å². The van der Waals surface area contributed by atoms with E-state index in [1.807, 2.05) is 12.2 Å². The van der Waals surface area contributed by atoms with Crippen molar-refractivity contribution in [1.82, 2.24) is 4.57 Å². The third kappa shape index (κ3) is 4.47. The van der Waals surface area contributed by atoms with E-state index in [4.69, 9.17) is 0 Å². The number of aromatic nitrogens is 1. The molecular formula is C45H40N2. The molecule has 0 saturated heterocycles. The summed E-state index contributed by atoms with van der Waals surface area (Å²) in [6.45, 7) is 15.2. The fourth-order valence-electron chi connectivity index (χ4n) is 7.99. The highest BCUT2D eigenvalue weighted by Gasteiger charge is 2.35. The largest absolute Gasteiger partial charge is 0.311 e. The molecule has 8 rings (SSSR count). The third-order valence-corrected chi connectivity index (χ3v) is 10.6. The Morgan fingerprint density at radius 2 is 1.43 bits per heavy atom. The normalized spacial score (nSPS) is 17.9. The van der Waals surface area contributed by atoms with Crippen LogP contribution in [0.15, 0.2) is 164 Å². The van der Waals surface area contributed by atoms with Crippen molar-refractivity contribution in [3.8, 4) is 16.8 Å². The average molecular weight is 609 g/mol. The minimum Gasteiger partial charge on any atom is -0.311 e. The second kappa shape index (κ2) is 10.9. The van der Waals surface area contributed by atoms with Crippen molar-refractivity contribution >= 4 is 33.2 Å². The topological polar surface area (TPSA) is 8.17 Å². The van der Waals surface area contributed by atoms with Gasteiger partial charge in [-0.2, -0.15) is 0 Å². The van der Waals surface area contributed by atoms with Crippen molar-refractivity contribution < 1.29 is 0 Å². The summed E-state index contributed by atoms with van der Waals surface area (Å²) in [5.41, 5.74) is 13.7. The van der Waals surface area contributed by atoms with Crippen LogP contribution in [0, 0.1) is 5.41 Å². The first-order valence-corrected chi connectivity index (χ1v) is 16.6. The Bertz CT molecular complexity index is 2260. The molecule has 2 nitrogen and oxygen atoms in total. The Hall–Kier alpha value is -5.34. The van der Waals surface area contributed by atoms with Crippen molar-refractivity contribution in [2.75, 3.05) is 4.90 Å². The molecule has 2 heterocycles. The van der Waals surface area contributed by atoms with Gasteiger partial charge in [-0.3, -0.25) is 0 Å². The van der Waals surface area contributed by atoms with Crippen LogP contribution in [0.4, 0.5) is 11.4 Å². The van der Waals surface area contributed by atoms with Gasteiger partial charge in [0.05, 0.1) is 16.7 Å². The predicted molar refractivity (Wildman–Crippen MR) is 201 cm³/mol. The van der Waals surface area contributed by atoms with Crippen molar-refractivity contribution in [1.29, 1.82) is 0 Å². The van der Waals surface area contributed by atoms with Crippen LogP contribution in [0.1, 0.15) is 44.7 Å². The van der Waals surface area contributed by atoms with E-state index in [-0.39, 0.29) is 10.8 Å². The highest BCUT2D eigenvalue weighted by Crippen LogP contribution is 2.48. The van der Waals surface area contributed by atoms with Gasteiger partial charge in [-0.05, 0) is 94.6 Å². The summed E-state index contributed by atoms with van der Waals surface area (Å²) >= 11 is 0. The first kappa shape index (κ1) is 29.1. The fourth-order valence-corrected chi connectivity index (χ4v) is 7.99. The van der Waals surface area contributed by atoms with Gasteiger partial charge >= 0.3 is 0 Å². The maximum absolute atomic E-state index is 4.17. The molecule has 0 bridgehead atoms. The van der Waals surface area contributed by atoms with Crippen LogP contribution in [0.25, 0.3) is 38.6 Å². The van der Waals surface area contributed by atoms with Crippen LogP contribution in [0.5, 0.6) is 0 Å². The van der Waals surface area contributed by atoms with E-state index in [9.17, 15) is 0 Å². The first-order chi connectivity index (χ1) is 22.8. The Morgan fingerprint density at radius 1 is 0.723 bits per heavy atom. The van der Waals surface area contributed by atoms with Crippen LogP contribution in [0.3, 0.4) is 0 Å². The van der Waals surface area contributed by atoms with Crippen LogP contribution in [-0.2, 0) is 5.41 Å². The smallest absolute Gasteiger partial charge is 0.0582 e. The second-order valence-electron chi connectivity index (χ2n) is 13.8. The van der Waals surface area contributed by atoms with E-state index in [2.05, 4.69) is 171 Å². The molecule has 1 unspecified atom stereocenters. The number of para-hydroxylation sites is 3. The molecular weight excluding hydrogens is 569 g/mol. The van der Waals surface area contributed by atoms with Crippen LogP contribution >= 0.6 is 0 Å². The second-order valence-corrected chi connectivity index (χ2v) is 13.8. The summed E-state index contributed by atoms with van der Waals surface area (Å²) in [4.78, 5) is 2.35. The number of hydrogen-bond donors (Lipinski definition) is 0. The van der Waals surface area contributed by atoms with Crippen molar-refractivity contribution in [2.24, 2.45) is 5.41 Å². The number of allylic oxidation sites excluding steroid dienone is 5. The van der Waals surface area contributed by atoms with Gasteiger partial charge in [0.25, 0.3) is 0 Å². The van der Waals surface area contributed by atoms with E-state index < -0.39 is 0 Å². The molecule has 230 valence electrons. The lowest BCUT2D eigenvalue weighted by molar-refractivity contribution is 0.412. The number of anilines is 2. The molecule has 2 heteroatoms. The molecule has 5 aromatic carbocycles. The van der Waals surface area contributed by atoms with E-state index >= 15 is 0 Å². The number of nitrogens with zero attached hydrogens (tertiary/aromatic N) is 2. The number of benzene rings is 5. The first-order valence-electron chi connectivity index (χ1n) is 16.6. The van der Waals surface area contributed by atoms with Crippen molar-refractivity contribution in [2.45, 2.75) is 39.0 Å². The van der Waals surface area contributed by atoms with Gasteiger partial charge in [-0.1, -0.05) is 118 Å². The molecule has 1 atom stereocenters. The molecule has 1 aliphatic carbocycles. The predicted octanol–water partition coefficient (Wildman–Crippen LogP) is 12.2. The highest BCUT2D eigenvalue weighted by molar-refractivity contribution is 6.12. The molecule has 1 aliphatic heterocycles. The van der Waals surface area contributed by atoms with Crippen molar-refractivity contribution in [3.63, 3.8) is 0 Å². The van der Waals surface area contributed by atoms with Crippen LogP contribution in [0.2, 0.25) is 0 Å². The van der Waals surface area contributed by atoms with Gasteiger partial charge in [0.15, 0.2) is 0 Å². The summed E-state index contributed by atoms with van der Waals surface area (Å²) in [6.07, 6.45) is 10.5. The van der Waals surface area contributed by atoms with E-state index in [1.165, 1.54) is 61.0 Å². The Balaban J connectivity index is 1.22. The lowest BCUT2D eigenvalue weighted by atomic mass is 9.73. The minimum absolute atomic E-state index is 0.0130. The van der Waals surface area contributed by atoms with Gasteiger partial charge in [-0.15, -0.1) is 6.58 Å². The average Bonchev–Trinajstić information content (AvgIpc) is 3.43. The van der Waals surface area contributed by atoms with Gasteiger partial charge < -0.3 is 9.47 Å². The molecule has 0 radical (unpaired) electrons. The maximum atomic E-state index is 4.17. The van der Waals surface area contributed by atoms with Gasteiger partial charge in [0.2, 0.25) is 0 Å². The summed E-state index contributed by atoms with van der Waals surface area (Å²) in [7, 11) is 0. The lowest BCUT2D eigenvalue weighted by Crippen LogP contribution is -2.26. The number of rotatable bonds is 7. The Kier molecular flexibility index (Phi) is 6.74. The molecule has 0 N–H and O–H groups in total. The molecule has 2 aliphatic rings. The Morgan fingerprint density at radius 3 is 2.19 bits per heavy atom. The fraction of sp³-hybridized carbons (Fsp3) is 0.156. The molecule has 1 aromatic heterocycles. The minimum atomic E-state index is -0.0660. The zero-order valence-corrected chi connectivity index (χ0v) is 27.5. The lowest BCUT2D eigenvalue weighted by Gasteiger charge is -2.36. The molecule has 6 aromatic rings. The zero-order valence-electron chi connectivity index (χ0n) is 27.5. The maximum Gasteiger partial charge on any atom is 0.0582 e. The molecule has 0 saturated carbocycles. The zero-order chi connectivity index (χ0) is 32.3. The SMILES string of the molecule is C=CCC1(C)CC=C(N(c2ccccc2)c2ccc(-c3ccc4c(c3)c3cccc5c3n4-c3ccccc3C5(C)C)cc2)C=C1C=C. The standard InChI is InChI=1S/C45H40N2/c1-6-27-45(5)28-26-36(30-33(45)7-2)46(34-14-9-8-10-15-34)35-23-20-31(21-24-35)32-22-25-41-38(29-32)37-16-13-18-40-43(37)47(41)42-19-12-11-17-39(42)44(40,3)4/h6-26,29-30H,1-2,27-28H2,3-5H3. The van der Waals surface area contributed by atoms with E-state index in [0.717, 1.165) is 24.2 Å². The number of fused-ring (bicyclic) bond motifs is 5. The molecule has 0 amide bonds. The molecule has 47 heavy (non-hydrogen) atoms. The van der Waals surface area contributed by atoms with Crippen molar-refractivity contribution in [3.05, 3.63) is 175 Å². The van der Waals surface area contributed by atoms with Gasteiger partial charge in [0, 0.05) is 33.3 Å². The molecule has 0 fully saturated rings. The van der Waals surface area contributed by atoms with Crippen LogP contribution in [-0.4, -0.2) is 4.57 Å². The number of hydrogen-bond acceptors (Lipinski definition) is 1.